The number of rotatable bonds is 13. The molecule has 1 atom stereocenters. The van der Waals surface area contributed by atoms with Crippen LogP contribution in [0.1, 0.15) is 36.5 Å². The van der Waals surface area contributed by atoms with Gasteiger partial charge in [0.25, 0.3) is 0 Å². The summed E-state index contributed by atoms with van der Waals surface area (Å²) in [6, 6.07) is 18.8. The molecule has 3 aromatic carbocycles. The summed E-state index contributed by atoms with van der Waals surface area (Å²) in [5.74, 6) is -1.36. The van der Waals surface area contributed by atoms with Crippen LogP contribution < -0.4 is 9.62 Å². The van der Waals surface area contributed by atoms with E-state index >= 15 is 0 Å². The molecule has 40 heavy (non-hydrogen) atoms. The van der Waals surface area contributed by atoms with Gasteiger partial charge in [-0.05, 0) is 54.3 Å². The summed E-state index contributed by atoms with van der Waals surface area (Å²) < 4.78 is 40.5. The minimum Gasteiger partial charge on any atom is -0.354 e. The minimum atomic E-state index is -3.91. The molecule has 0 spiro atoms. The number of hydrogen-bond donors (Lipinski definition) is 1. The van der Waals surface area contributed by atoms with Gasteiger partial charge in [-0.1, -0.05) is 73.5 Å². The second-order valence-corrected chi connectivity index (χ2v) is 12.0. The van der Waals surface area contributed by atoms with Crippen molar-refractivity contribution in [1.82, 2.24) is 10.2 Å². The first kappa shape index (κ1) is 31.1. The van der Waals surface area contributed by atoms with Crippen molar-refractivity contribution in [3.8, 4) is 0 Å². The van der Waals surface area contributed by atoms with Gasteiger partial charge in [-0.2, -0.15) is 0 Å². The first-order valence-electron chi connectivity index (χ1n) is 13.1. The van der Waals surface area contributed by atoms with Crippen molar-refractivity contribution in [3.05, 3.63) is 100 Å². The Kier molecular flexibility index (Phi) is 11.1. The molecule has 0 heterocycles. The number of aryl methyl sites for hydroxylation is 1. The van der Waals surface area contributed by atoms with E-state index in [1.54, 1.807) is 31.2 Å². The SMILES string of the molecule is CCCCNC(=O)[C@@H](Cc1ccccc1)N(Cc1ccc(F)cc1)C(=O)CN(c1cc(Cl)ccc1C)S(C)(=O)=O. The Hall–Kier alpha value is -3.43. The van der Waals surface area contributed by atoms with Crippen molar-refractivity contribution >= 4 is 39.1 Å². The third kappa shape index (κ3) is 8.79. The van der Waals surface area contributed by atoms with Crippen molar-refractivity contribution in [2.45, 2.75) is 45.7 Å². The molecule has 0 saturated heterocycles. The van der Waals surface area contributed by atoms with E-state index in [4.69, 9.17) is 11.6 Å². The van der Waals surface area contributed by atoms with E-state index in [0.717, 1.165) is 29.0 Å². The minimum absolute atomic E-state index is 0.0239. The third-order valence-corrected chi connectivity index (χ3v) is 7.85. The lowest BCUT2D eigenvalue weighted by Crippen LogP contribution is -2.53. The summed E-state index contributed by atoms with van der Waals surface area (Å²) in [5, 5.41) is 3.25. The lowest BCUT2D eigenvalue weighted by atomic mass is 10.0. The molecular formula is C30H35ClFN3O4S. The molecule has 2 amide bonds. The summed E-state index contributed by atoms with van der Waals surface area (Å²) in [6.07, 6.45) is 2.88. The smallest absolute Gasteiger partial charge is 0.244 e. The molecular weight excluding hydrogens is 553 g/mol. The second kappa shape index (κ2) is 14.3. The van der Waals surface area contributed by atoms with Crippen molar-refractivity contribution in [2.24, 2.45) is 0 Å². The number of carbonyl (C=O) groups excluding carboxylic acids is 2. The average Bonchev–Trinajstić information content (AvgIpc) is 2.91. The van der Waals surface area contributed by atoms with Gasteiger partial charge in [-0.3, -0.25) is 13.9 Å². The number of nitrogens with zero attached hydrogens (tertiary/aromatic N) is 2. The average molecular weight is 588 g/mol. The van der Waals surface area contributed by atoms with Crippen LogP contribution in [-0.4, -0.2) is 50.5 Å². The number of amides is 2. The molecule has 0 aliphatic carbocycles. The molecule has 3 rings (SSSR count). The number of unbranched alkanes of at least 4 members (excludes halogenated alkanes) is 1. The standard InChI is InChI=1S/C30H35ClFN3O4S/c1-4-5-17-33-30(37)28(18-23-9-7-6-8-10-23)34(20-24-12-15-26(32)16-13-24)29(36)21-35(40(3,38)39)27-19-25(31)14-11-22(27)2/h6-16,19,28H,4-5,17-18,20-21H2,1-3H3,(H,33,37)/t28-/m1/s1. The van der Waals surface area contributed by atoms with Crippen molar-refractivity contribution in [2.75, 3.05) is 23.7 Å². The van der Waals surface area contributed by atoms with Gasteiger partial charge in [0.2, 0.25) is 21.8 Å². The van der Waals surface area contributed by atoms with Crippen LogP contribution >= 0.6 is 11.6 Å². The maximum atomic E-state index is 14.0. The maximum Gasteiger partial charge on any atom is 0.244 e. The monoisotopic (exact) mass is 587 g/mol. The fraction of sp³-hybridized carbons (Fsp3) is 0.333. The van der Waals surface area contributed by atoms with Crippen LogP contribution in [0, 0.1) is 12.7 Å². The Morgan fingerprint density at radius 1 is 1.00 bits per heavy atom. The van der Waals surface area contributed by atoms with Gasteiger partial charge in [0.15, 0.2) is 0 Å². The van der Waals surface area contributed by atoms with Gasteiger partial charge in [-0.25, -0.2) is 12.8 Å². The number of halogens is 2. The number of carbonyl (C=O) groups is 2. The molecule has 0 radical (unpaired) electrons. The molecule has 1 N–H and O–H groups in total. The van der Waals surface area contributed by atoms with E-state index in [1.807, 2.05) is 37.3 Å². The van der Waals surface area contributed by atoms with Crippen LogP contribution in [0.2, 0.25) is 5.02 Å². The topological polar surface area (TPSA) is 86.8 Å². The Bertz CT molecular complexity index is 1400. The number of sulfonamides is 1. The highest BCUT2D eigenvalue weighted by Gasteiger charge is 2.33. The Labute approximate surface area is 241 Å². The van der Waals surface area contributed by atoms with Crippen molar-refractivity contribution < 1.29 is 22.4 Å². The number of nitrogens with one attached hydrogen (secondary N) is 1. The van der Waals surface area contributed by atoms with E-state index in [9.17, 15) is 22.4 Å². The number of hydrogen-bond acceptors (Lipinski definition) is 4. The summed E-state index contributed by atoms with van der Waals surface area (Å²) >= 11 is 6.17. The lowest BCUT2D eigenvalue weighted by molar-refractivity contribution is -0.140. The Morgan fingerprint density at radius 3 is 2.30 bits per heavy atom. The van der Waals surface area contributed by atoms with Gasteiger partial charge < -0.3 is 10.2 Å². The quantitative estimate of drug-likeness (QED) is 0.282. The van der Waals surface area contributed by atoms with Crippen LogP contribution in [0.4, 0.5) is 10.1 Å². The van der Waals surface area contributed by atoms with Crippen LogP contribution in [0.25, 0.3) is 0 Å². The van der Waals surface area contributed by atoms with Gasteiger partial charge in [0.1, 0.15) is 18.4 Å². The summed E-state index contributed by atoms with van der Waals surface area (Å²) in [7, 11) is -3.91. The number of anilines is 1. The molecule has 0 bridgehead atoms. The molecule has 0 aliphatic heterocycles. The van der Waals surface area contributed by atoms with Crippen LogP contribution in [0.15, 0.2) is 72.8 Å². The molecule has 3 aromatic rings. The predicted octanol–water partition coefficient (Wildman–Crippen LogP) is 5.11. The zero-order valence-electron chi connectivity index (χ0n) is 22.9. The lowest BCUT2D eigenvalue weighted by Gasteiger charge is -2.34. The Morgan fingerprint density at radius 2 is 1.68 bits per heavy atom. The first-order chi connectivity index (χ1) is 19.0. The summed E-state index contributed by atoms with van der Waals surface area (Å²) in [6.45, 7) is 3.61. The fourth-order valence-corrected chi connectivity index (χ4v) is 5.36. The largest absolute Gasteiger partial charge is 0.354 e. The molecule has 0 fully saturated rings. The van der Waals surface area contributed by atoms with Gasteiger partial charge in [0, 0.05) is 24.5 Å². The molecule has 0 saturated carbocycles. The first-order valence-corrected chi connectivity index (χ1v) is 15.3. The van der Waals surface area contributed by atoms with Crippen LogP contribution in [0.3, 0.4) is 0 Å². The highest BCUT2D eigenvalue weighted by molar-refractivity contribution is 7.92. The highest BCUT2D eigenvalue weighted by atomic mass is 35.5. The summed E-state index contributed by atoms with van der Waals surface area (Å²) in [5.41, 5.74) is 2.32. The zero-order valence-corrected chi connectivity index (χ0v) is 24.5. The molecule has 214 valence electrons. The normalized spacial score (nSPS) is 12.0. The maximum absolute atomic E-state index is 14.0. The van der Waals surface area contributed by atoms with Gasteiger partial charge >= 0.3 is 0 Å². The van der Waals surface area contributed by atoms with E-state index in [-0.39, 0.29) is 24.6 Å². The highest BCUT2D eigenvalue weighted by Crippen LogP contribution is 2.27. The third-order valence-electron chi connectivity index (χ3n) is 6.49. The van der Waals surface area contributed by atoms with Gasteiger partial charge in [0.05, 0.1) is 11.9 Å². The van der Waals surface area contributed by atoms with Crippen LogP contribution in [-0.2, 0) is 32.6 Å². The van der Waals surface area contributed by atoms with Crippen molar-refractivity contribution in [3.63, 3.8) is 0 Å². The second-order valence-electron chi connectivity index (χ2n) is 9.70. The predicted molar refractivity (Wildman–Crippen MR) is 157 cm³/mol. The van der Waals surface area contributed by atoms with E-state index in [1.165, 1.54) is 23.1 Å². The zero-order chi connectivity index (χ0) is 29.3. The molecule has 7 nitrogen and oxygen atoms in total. The van der Waals surface area contributed by atoms with E-state index in [0.29, 0.717) is 22.7 Å². The van der Waals surface area contributed by atoms with Gasteiger partial charge in [-0.15, -0.1) is 0 Å². The van der Waals surface area contributed by atoms with E-state index in [2.05, 4.69) is 5.32 Å². The van der Waals surface area contributed by atoms with Crippen molar-refractivity contribution in [1.29, 1.82) is 0 Å². The summed E-state index contributed by atoms with van der Waals surface area (Å²) in [4.78, 5) is 29.0. The molecule has 0 unspecified atom stereocenters. The molecule has 0 aromatic heterocycles. The Balaban J connectivity index is 2.05. The molecule has 0 aliphatic rings. The molecule has 10 heteroatoms. The number of benzene rings is 3. The fourth-order valence-electron chi connectivity index (χ4n) is 4.29. The van der Waals surface area contributed by atoms with Crippen LogP contribution in [0.5, 0.6) is 0 Å². The van der Waals surface area contributed by atoms with E-state index < -0.39 is 34.3 Å².